The van der Waals surface area contributed by atoms with Crippen LogP contribution in [0.2, 0.25) is 5.02 Å². The van der Waals surface area contributed by atoms with Crippen molar-refractivity contribution in [3.05, 3.63) is 35.2 Å². The van der Waals surface area contributed by atoms with Gasteiger partial charge in [-0.1, -0.05) is 11.6 Å². The second-order valence-corrected chi connectivity index (χ2v) is 3.28. The summed E-state index contributed by atoms with van der Waals surface area (Å²) < 4.78 is 1.68. The molecule has 0 aliphatic heterocycles. The van der Waals surface area contributed by atoms with Crippen molar-refractivity contribution in [2.24, 2.45) is 0 Å². The molecule has 0 unspecified atom stereocenters. The van der Waals surface area contributed by atoms with Gasteiger partial charge in [-0.3, -0.25) is 4.79 Å². The fourth-order valence-electron chi connectivity index (χ4n) is 1.31. The monoisotopic (exact) mass is 210 g/mol. The van der Waals surface area contributed by atoms with Crippen molar-refractivity contribution < 1.29 is 9.90 Å². The van der Waals surface area contributed by atoms with E-state index >= 15 is 0 Å². The van der Waals surface area contributed by atoms with Gasteiger partial charge in [-0.15, -0.1) is 0 Å². The first-order valence-corrected chi connectivity index (χ1v) is 4.38. The van der Waals surface area contributed by atoms with E-state index in [-0.39, 0.29) is 6.42 Å². The highest BCUT2D eigenvalue weighted by Crippen LogP contribution is 2.16. The van der Waals surface area contributed by atoms with Crippen molar-refractivity contribution in [2.45, 2.75) is 6.42 Å². The van der Waals surface area contributed by atoms with E-state index in [0.29, 0.717) is 16.4 Å². The van der Waals surface area contributed by atoms with Gasteiger partial charge < -0.3 is 9.51 Å². The Labute approximate surface area is 84.8 Å². The normalized spacial score (nSPS) is 10.6. The van der Waals surface area contributed by atoms with E-state index in [1.54, 1.807) is 22.7 Å². The largest absolute Gasteiger partial charge is 0.481 e. The molecule has 0 radical (unpaired) electrons. The molecule has 0 aliphatic rings. The Hall–Kier alpha value is -1.55. The van der Waals surface area contributed by atoms with Gasteiger partial charge in [0, 0.05) is 12.4 Å². The fourth-order valence-corrected chi connectivity index (χ4v) is 1.53. The zero-order valence-electron chi connectivity index (χ0n) is 7.14. The van der Waals surface area contributed by atoms with Crippen molar-refractivity contribution >= 4 is 23.2 Å². The second-order valence-electron chi connectivity index (χ2n) is 2.87. The van der Waals surface area contributed by atoms with Crippen LogP contribution in [0.1, 0.15) is 5.69 Å². The number of carbonyl (C=O) groups is 1. The molecule has 0 atom stereocenters. The van der Waals surface area contributed by atoms with Crippen LogP contribution in [0.25, 0.3) is 5.65 Å². The molecular weight excluding hydrogens is 204 g/mol. The Morgan fingerprint density at radius 1 is 1.64 bits per heavy atom. The molecule has 5 heteroatoms. The number of nitrogens with zero attached hydrogens (tertiary/aromatic N) is 2. The number of rotatable bonds is 2. The van der Waals surface area contributed by atoms with E-state index in [9.17, 15) is 4.79 Å². The predicted molar refractivity (Wildman–Crippen MR) is 51.5 cm³/mol. The van der Waals surface area contributed by atoms with Crippen molar-refractivity contribution in [3.8, 4) is 0 Å². The van der Waals surface area contributed by atoms with E-state index in [2.05, 4.69) is 4.98 Å². The third-order valence-electron chi connectivity index (χ3n) is 1.90. The van der Waals surface area contributed by atoms with Gasteiger partial charge in [0.1, 0.15) is 0 Å². The smallest absolute Gasteiger partial charge is 0.309 e. The number of carboxylic acid groups (broad SMARTS) is 1. The third kappa shape index (κ3) is 1.44. The molecule has 0 spiro atoms. The Morgan fingerprint density at radius 2 is 2.43 bits per heavy atom. The molecule has 0 saturated carbocycles. The summed E-state index contributed by atoms with van der Waals surface area (Å²) in [5, 5.41) is 9.16. The minimum absolute atomic E-state index is 0.0541. The number of aromatic nitrogens is 2. The number of fused-ring (bicyclic) bond motifs is 1. The minimum Gasteiger partial charge on any atom is -0.481 e. The summed E-state index contributed by atoms with van der Waals surface area (Å²) in [6, 6.07) is 3.47. The van der Waals surface area contributed by atoms with E-state index in [1.165, 1.54) is 6.20 Å². The Morgan fingerprint density at radius 3 is 3.14 bits per heavy atom. The van der Waals surface area contributed by atoms with Crippen LogP contribution in [-0.4, -0.2) is 20.5 Å². The van der Waals surface area contributed by atoms with Crippen LogP contribution in [-0.2, 0) is 11.2 Å². The van der Waals surface area contributed by atoms with Crippen LogP contribution in [0, 0.1) is 0 Å². The van der Waals surface area contributed by atoms with Gasteiger partial charge in [0.05, 0.1) is 17.1 Å². The molecule has 14 heavy (non-hydrogen) atoms. The maximum absolute atomic E-state index is 10.5. The van der Waals surface area contributed by atoms with Crippen LogP contribution in [0.4, 0.5) is 0 Å². The van der Waals surface area contributed by atoms with Gasteiger partial charge in [-0.05, 0) is 12.1 Å². The van der Waals surface area contributed by atoms with Crippen molar-refractivity contribution in [2.75, 3.05) is 0 Å². The van der Waals surface area contributed by atoms with Gasteiger partial charge in [-0.2, -0.15) is 0 Å². The molecule has 1 N–H and O–H groups in total. The highest BCUT2D eigenvalue weighted by atomic mass is 35.5. The molecule has 4 nitrogen and oxygen atoms in total. The summed E-state index contributed by atoms with van der Waals surface area (Å²) in [6.07, 6.45) is 3.21. The second kappa shape index (κ2) is 3.31. The molecule has 2 heterocycles. The molecule has 0 bridgehead atoms. The predicted octanol–water partition coefficient (Wildman–Crippen LogP) is 1.61. The van der Waals surface area contributed by atoms with Crippen LogP contribution in [0.5, 0.6) is 0 Å². The van der Waals surface area contributed by atoms with Gasteiger partial charge >= 0.3 is 5.97 Å². The molecule has 72 valence electrons. The first kappa shape index (κ1) is 9.02. The third-order valence-corrected chi connectivity index (χ3v) is 2.19. The van der Waals surface area contributed by atoms with Gasteiger partial charge in [0.25, 0.3) is 0 Å². The van der Waals surface area contributed by atoms with Gasteiger partial charge in [0.2, 0.25) is 0 Å². The van der Waals surface area contributed by atoms with Crippen molar-refractivity contribution in [1.29, 1.82) is 0 Å². The van der Waals surface area contributed by atoms with Crippen LogP contribution >= 0.6 is 11.6 Å². The molecule has 0 aliphatic carbocycles. The Balaban J connectivity index is 2.58. The maximum atomic E-state index is 10.5. The number of aliphatic carboxylic acids is 1. The van der Waals surface area contributed by atoms with E-state index in [0.717, 1.165) is 0 Å². The maximum Gasteiger partial charge on any atom is 0.309 e. The van der Waals surface area contributed by atoms with Gasteiger partial charge in [-0.25, -0.2) is 4.98 Å². The Kier molecular flexibility index (Phi) is 2.13. The molecule has 0 fully saturated rings. The standard InChI is InChI=1S/C9H7ClN2O2/c10-7-2-1-3-12-6(4-8(13)14)5-11-9(7)12/h1-3,5H,4H2,(H,13,14). The lowest BCUT2D eigenvalue weighted by Gasteiger charge is -1.98. The average molecular weight is 211 g/mol. The molecule has 2 rings (SSSR count). The quantitative estimate of drug-likeness (QED) is 0.820. The van der Waals surface area contributed by atoms with E-state index in [1.807, 2.05) is 0 Å². The lowest BCUT2D eigenvalue weighted by molar-refractivity contribution is -0.136. The first-order valence-electron chi connectivity index (χ1n) is 4.01. The summed E-state index contributed by atoms with van der Waals surface area (Å²) in [4.78, 5) is 14.6. The lowest BCUT2D eigenvalue weighted by Crippen LogP contribution is -2.02. The number of hydrogen-bond acceptors (Lipinski definition) is 2. The van der Waals surface area contributed by atoms with E-state index in [4.69, 9.17) is 16.7 Å². The molecular formula is C9H7ClN2O2. The molecule has 2 aromatic heterocycles. The van der Waals surface area contributed by atoms with Crippen molar-refractivity contribution in [3.63, 3.8) is 0 Å². The zero-order valence-corrected chi connectivity index (χ0v) is 7.90. The van der Waals surface area contributed by atoms with Crippen LogP contribution < -0.4 is 0 Å². The first-order chi connectivity index (χ1) is 6.68. The number of halogens is 1. The summed E-state index contributed by atoms with van der Waals surface area (Å²) in [7, 11) is 0. The molecule has 0 amide bonds. The summed E-state index contributed by atoms with van der Waals surface area (Å²) >= 11 is 5.88. The SMILES string of the molecule is O=C(O)Cc1cnc2c(Cl)cccn12. The number of pyridine rings is 1. The fraction of sp³-hybridized carbons (Fsp3) is 0.111. The van der Waals surface area contributed by atoms with Crippen molar-refractivity contribution in [1.82, 2.24) is 9.38 Å². The molecule has 2 aromatic rings. The summed E-state index contributed by atoms with van der Waals surface area (Å²) in [6.45, 7) is 0. The van der Waals surface area contributed by atoms with Crippen LogP contribution in [0.3, 0.4) is 0 Å². The average Bonchev–Trinajstić information content (AvgIpc) is 2.49. The highest BCUT2D eigenvalue weighted by Gasteiger charge is 2.08. The van der Waals surface area contributed by atoms with E-state index < -0.39 is 5.97 Å². The molecule has 0 aromatic carbocycles. The summed E-state index contributed by atoms with van der Waals surface area (Å²) in [5.74, 6) is -0.883. The minimum atomic E-state index is -0.883. The topological polar surface area (TPSA) is 54.6 Å². The number of carboxylic acids is 1. The molecule has 0 saturated heterocycles. The van der Waals surface area contributed by atoms with Crippen LogP contribution in [0.15, 0.2) is 24.5 Å². The number of hydrogen-bond donors (Lipinski definition) is 1. The lowest BCUT2D eigenvalue weighted by atomic mass is 10.3. The zero-order chi connectivity index (χ0) is 10.1. The number of imidazole rings is 1. The Bertz CT molecular complexity index is 493. The summed E-state index contributed by atoms with van der Waals surface area (Å²) in [5.41, 5.74) is 1.21. The highest BCUT2D eigenvalue weighted by molar-refractivity contribution is 6.33. The van der Waals surface area contributed by atoms with Gasteiger partial charge in [0.15, 0.2) is 5.65 Å².